The zero-order valence-electron chi connectivity index (χ0n) is 9.59. The summed E-state index contributed by atoms with van der Waals surface area (Å²) in [5.74, 6) is 0.224. The van der Waals surface area contributed by atoms with Gasteiger partial charge in [-0.15, -0.1) is 0 Å². The number of ether oxygens (including phenoxy) is 1. The maximum Gasteiger partial charge on any atom is 0.699 e. The number of carbonyl (C=O) groups excluding carboxylic acids is 1. The average Bonchev–Trinajstić information content (AvgIpc) is 2.32. The van der Waals surface area contributed by atoms with E-state index in [0.717, 1.165) is 6.42 Å². The second-order valence-corrected chi connectivity index (χ2v) is 3.39. The molecule has 0 spiro atoms. The molecule has 0 radical (unpaired) electrons. The molecule has 6 heteroatoms. The molecule has 1 aromatic rings. The first-order valence-electron chi connectivity index (χ1n) is 5.31. The van der Waals surface area contributed by atoms with Crippen molar-refractivity contribution in [2.75, 3.05) is 12.3 Å². The molecule has 1 amide bonds. The van der Waals surface area contributed by atoms with E-state index in [2.05, 4.69) is 4.74 Å². The molecular weight excluding hydrogens is 224 g/mol. The number of hydrogen-bond acceptors (Lipinski definition) is 5. The van der Waals surface area contributed by atoms with Crippen LogP contribution in [0.1, 0.15) is 19.8 Å². The van der Waals surface area contributed by atoms with Crippen LogP contribution in [0.5, 0.6) is 5.75 Å². The average molecular weight is 239 g/mol. The normalized spacial score (nSPS) is 9.71. The number of nitrogen functional groups attached to an aromatic ring is 1. The summed E-state index contributed by atoms with van der Waals surface area (Å²) in [7, 11) is 0. The van der Waals surface area contributed by atoms with Crippen LogP contribution in [0.3, 0.4) is 0 Å². The van der Waals surface area contributed by atoms with Crippen molar-refractivity contribution >= 4 is 11.8 Å². The fourth-order valence-electron chi connectivity index (χ4n) is 1.02. The lowest BCUT2D eigenvalue weighted by Gasteiger charge is -1.96. The Balaban J connectivity index is 2.43. The van der Waals surface area contributed by atoms with Gasteiger partial charge in [0.05, 0.1) is 11.5 Å². The molecule has 0 atom stereocenters. The minimum absolute atomic E-state index is 0.193. The van der Waals surface area contributed by atoms with Gasteiger partial charge in [0.2, 0.25) is 5.75 Å². The van der Waals surface area contributed by atoms with Gasteiger partial charge in [0.25, 0.3) is 0 Å². The van der Waals surface area contributed by atoms with E-state index in [0.29, 0.717) is 12.1 Å². The standard InChI is InChI=1S/C11H15N2O4/c1-2-3-8-16-11(14)13(15)17-10-6-4-9(12)5-7-10/h4-7H,2-3,8,12H2,1H3/q+1. The highest BCUT2D eigenvalue weighted by atomic mass is 16.8. The number of benzene rings is 1. The fourth-order valence-corrected chi connectivity index (χ4v) is 1.02. The van der Waals surface area contributed by atoms with Crippen LogP contribution in [0.4, 0.5) is 10.5 Å². The molecule has 0 aliphatic rings. The number of nitrogens with zero attached hydrogens (tertiary/aromatic N) is 1. The highest BCUT2D eigenvalue weighted by Crippen LogP contribution is 2.13. The van der Waals surface area contributed by atoms with Crippen LogP contribution in [0.2, 0.25) is 0 Å². The molecule has 0 aliphatic carbocycles. The summed E-state index contributed by atoms with van der Waals surface area (Å²) in [6, 6.07) is 6.09. The summed E-state index contributed by atoms with van der Waals surface area (Å²) < 4.78 is 4.66. The Bertz CT molecular complexity index is 389. The third-order valence-corrected chi connectivity index (χ3v) is 1.94. The van der Waals surface area contributed by atoms with Gasteiger partial charge in [-0.3, -0.25) is 0 Å². The van der Waals surface area contributed by atoms with Crippen LogP contribution in [-0.4, -0.2) is 17.6 Å². The minimum atomic E-state index is -1.06. The van der Waals surface area contributed by atoms with E-state index in [-0.39, 0.29) is 17.3 Å². The van der Waals surface area contributed by atoms with E-state index in [1.807, 2.05) is 6.92 Å². The summed E-state index contributed by atoms with van der Waals surface area (Å²) in [4.78, 5) is 26.8. The zero-order valence-corrected chi connectivity index (χ0v) is 9.59. The number of amides is 1. The molecule has 0 unspecified atom stereocenters. The first-order chi connectivity index (χ1) is 8.13. The van der Waals surface area contributed by atoms with Crippen molar-refractivity contribution in [3.8, 4) is 5.75 Å². The van der Waals surface area contributed by atoms with E-state index < -0.39 is 6.09 Å². The van der Waals surface area contributed by atoms with Crippen molar-refractivity contribution in [1.29, 1.82) is 0 Å². The molecule has 1 aromatic carbocycles. The summed E-state index contributed by atoms with van der Waals surface area (Å²) in [5.41, 5.74) is 6.00. The molecule has 0 heterocycles. The van der Waals surface area contributed by atoms with Crippen LogP contribution in [0.15, 0.2) is 24.3 Å². The Morgan fingerprint density at radius 1 is 1.35 bits per heavy atom. The molecule has 6 nitrogen and oxygen atoms in total. The SMILES string of the molecule is CCCCOC(=O)[N+](=O)Oc1ccc(N)cc1. The van der Waals surface area contributed by atoms with E-state index in [9.17, 15) is 9.70 Å². The third kappa shape index (κ3) is 4.50. The molecule has 0 bridgehead atoms. The topological polar surface area (TPSA) is 81.6 Å². The Morgan fingerprint density at radius 2 is 2.00 bits per heavy atom. The molecule has 0 saturated heterocycles. The van der Waals surface area contributed by atoms with E-state index in [1.165, 1.54) is 12.1 Å². The van der Waals surface area contributed by atoms with Crippen molar-refractivity contribution in [2.45, 2.75) is 19.8 Å². The van der Waals surface area contributed by atoms with Crippen LogP contribution in [-0.2, 0) is 4.74 Å². The predicted molar refractivity (Wildman–Crippen MR) is 61.4 cm³/mol. The van der Waals surface area contributed by atoms with Crippen molar-refractivity contribution < 1.29 is 19.3 Å². The summed E-state index contributed by atoms with van der Waals surface area (Å²) in [6.07, 6.45) is 0.530. The molecule has 2 N–H and O–H groups in total. The second kappa shape index (κ2) is 6.47. The molecule has 92 valence electrons. The molecule has 0 fully saturated rings. The van der Waals surface area contributed by atoms with Crippen molar-refractivity contribution in [1.82, 2.24) is 0 Å². The monoisotopic (exact) mass is 239 g/mol. The van der Waals surface area contributed by atoms with Gasteiger partial charge in [0.1, 0.15) is 0 Å². The Morgan fingerprint density at radius 3 is 2.59 bits per heavy atom. The lowest BCUT2D eigenvalue weighted by Crippen LogP contribution is -2.23. The first kappa shape index (κ1) is 13.0. The number of carbonyl (C=O) groups is 1. The quantitative estimate of drug-likeness (QED) is 0.484. The molecule has 0 aliphatic heterocycles. The van der Waals surface area contributed by atoms with Gasteiger partial charge in [-0.2, -0.15) is 9.63 Å². The van der Waals surface area contributed by atoms with Crippen molar-refractivity contribution in [3.05, 3.63) is 29.2 Å². The Kier molecular flexibility index (Phi) is 4.93. The first-order valence-corrected chi connectivity index (χ1v) is 5.31. The maximum absolute atomic E-state index is 11.2. The molecule has 0 aromatic heterocycles. The molecule has 1 rings (SSSR count). The predicted octanol–water partition coefficient (Wildman–Crippen LogP) is 2.28. The summed E-state index contributed by atoms with van der Waals surface area (Å²) in [5, 5.41) is 0. The lowest BCUT2D eigenvalue weighted by atomic mass is 10.3. The molecular formula is C11H15N2O4+. The minimum Gasteiger partial charge on any atom is -0.405 e. The highest BCUT2D eigenvalue weighted by Gasteiger charge is 2.29. The maximum atomic E-state index is 11.2. The van der Waals surface area contributed by atoms with Crippen LogP contribution >= 0.6 is 0 Å². The van der Waals surface area contributed by atoms with Gasteiger partial charge in [-0.05, 0) is 30.7 Å². The number of unbranched alkanes of at least 4 members (excludes halogenated alkanes) is 1. The lowest BCUT2D eigenvalue weighted by molar-refractivity contribution is -0.693. The number of nitrogens with two attached hydrogens (primary N) is 1. The fraction of sp³-hybridized carbons (Fsp3) is 0.364. The number of hydrogen-bond donors (Lipinski definition) is 1. The van der Waals surface area contributed by atoms with Crippen LogP contribution in [0.25, 0.3) is 0 Å². The van der Waals surface area contributed by atoms with E-state index in [4.69, 9.17) is 10.6 Å². The third-order valence-electron chi connectivity index (χ3n) is 1.94. The molecule has 0 saturated carbocycles. The summed E-state index contributed by atoms with van der Waals surface area (Å²) in [6.45, 7) is 2.16. The largest absolute Gasteiger partial charge is 0.699 e. The van der Waals surface area contributed by atoms with E-state index >= 15 is 0 Å². The van der Waals surface area contributed by atoms with Gasteiger partial charge in [0.15, 0.2) is 0 Å². The number of anilines is 1. The Hall–Kier alpha value is -2.11. The van der Waals surface area contributed by atoms with Gasteiger partial charge in [-0.1, -0.05) is 13.3 Å². The van der Waals surface area contributed by atoms with Gasteiger partial charge >= 0.3 is 11.0 Å². The molecule has 17 heavy (non-hydrogen) atoms. The highest BCUT2D eigenvalue weighted by molar-refractivity contribution is 5.56. The van der Waals surface area contributed by atoms with Gasteiger partial charge in [0, 0.05) is 5.69 Å². The van der Waals surface area contributed by atoms with Gasteiger partial charge < -0.3 is 10.5 Å². The van der Waals surface area contributed by atoms with Gasteiger partial charge in [-0.25, -0.2) is 0 Å². The number of rotatable bonds is 5. The Labute approximate surface area is 98.8 Å². The van der Waals surface area contributed by atoms with Crippen molar-refractivity contribution in [2.24, 2.45) is 0 Å². The van der Waals surface area contributed by atoms with Crippen LogP contribution in [0, 0.1) is 4.91 Å². The van der Waals surface area contributed by atoms with Crippen LogP contribution < -0.4 is 10.6 Å². The zero-order chi connectivity index (χ0) is 12.7. The summed E-state index contributed by atoms with van der Waals surface area (Å²) >= 11 is 0. The van der Waals surface area contributed by atoms with E-state index in [1.54, 1.807) is 12.1 Å². The smallest absolute Gasteiger partial charge is 0.405 e. The second-order valence-electron chi connectivity index (χ2n) is 3.39. The van der Waals surface area contributed by atoms with Crippen molar-refractivity contribution in [3.63, 3.8) is 0 Å².